The number of aromatic nitrogens is 4. The molecule has 0 aliphatic heterocycles. The maximum Gasteiger partial charge on any atom is 0.346 e. The molecular weight excluding hydrogens is 613 g/mol. The van der Waals surface area contributed by atoms with Crippen LogP contribution in [0.2, 0.25) is 0 Å². The Bertz CT molecular complexity index is 1990. The summed E-state index contributed by atoms with van der Waals surface area (Å²) in [5.74, 6) is 1.00. The number of amides is 2. The Kier molecular flexibility index (Phi) is 10.0. The predicted octanol–water partition coefficient (Wildman–Crippen LogP) is 6.16. The number of hydrogen-bond acceptors (Lipinski definition) is 6. The Morgan fingerprint density at radius 3 is 2.17 bits per heavy atom. The van der Waals surface area contributed by atoms with E-state index in [0.29, 0.717) is 25.2 Å². The fourth-order valence-corrected chi connectivity index (χ4v) is 6.18. The molecule has 0 spiro atoms. The van der Waals surface area contributed by atoms with Crippen molar-refractivity contribution in [2.45, 2.75) is 70.4 Å². The molecule has 5 rings (SSSR count). The summed E-state index contributed by atoms with van der Waals surface area (Å²) in [5.41, 5.74) is 4.89. The fourth-order valence-electron chi connectivity index (χ4n) is 5.25. The predicted molar refractivity (Wildman–Crippen MR) is 184 cm³/mol. The van der Waals surface area contributed by atoms with Crippen LogP contribution >= 0.6 is 0 Å². The third kappa shape index (κ3) is 8.42. The van der Waals surface area contributed by atoms with Crippen molar-refractivity contribution in [3.05, 3.63) is 130 Å². The average molecular weight is 653 g/mol. The standard InChI is InChI=1S/C36H40N6O4S/c1-5-41-33(39-42(35(41)44)25-27-19-23-29(24-20-27)36(2,3)4)16-9-11-26-17-21-28(22-18-26)31-14-10-15-32(37-31)38-34(43)40-47(45,46)30-12-7-6-8-13-30/h6-8,10,12-15,17-24H,5,9,11,16,25H2,1-4H3,(H2,37,38,40,43). The lowest BCUT2D eigenvalue weighted by atomic mass is 9.87. The van der Waals surface area contributed by atoms with Crippen LogP contribution < -0.4 is 15.7 Å². The van der Waals surface area contributed by atoms with Crippen molar-refractivity contribution >= 4 is 21.9 Å². The van der Waals surface area contributed by atoms with Crippen LogP contribution in [0.25, 0.3) is 11.3 Å². The van der Waals surface area contributed by atoms with Gasteiger partial charge in [0.05, 0.1) is 17.1 Å². The zero-order valence-corrected chi connectivity index (χ0v) is 27.9. The van der Waals surface area contributed by atoms with E-state index in [1.165, 1.54) is 17.7 Å². The van der Waals surface area contributed by atoms with Gasteiger partial charge in [0, 0.05) is 18.5 Å². The van der Waals surface area contributed by atoms with Gasteiger partial charge >= 0.3 is 11.7 Å². The summed E-state index contributed by atoms with van der Waals surface area (Å²) >= 11 is 0. The molecular formula is C36H40N6O4S. The van der Waals surface area contributed by atoms with Gasteiger partial charge in [0.1, 0.15) is 11.6 Å². The molecule has 11 heteroatoms. The van der Waals surface area contributed by atoms with Crippen LogP contribution in [0.3, 0.4) is 0 Å². The van der Waals surface area contributed by atoms with Crippen molar-refractivity contribution in [1.82, 2.24) is 24.1 Å². The summed E-state index contributed by atoms with van der Waals surface area (Å²) in [6.45, 7) is 9.51. The summed E-state index contributed by atoms with van der Waals surface area (Å²) in [4.78, 5) is 29.9. The van der Waals surface area contributed by atoms with Crippen molar-refractivity contribution in [2.24, 2.45) is 0 Å². The molecule has 3 aromatic carbocycles. The molecule has 0 saturated heterocycles. The van der Waals surface area contributed by atoms with Gasteiger partial charge in [-0.15, -0.1) is 0 Å². The minimum atomic E-state index is -4.01. The first kappa shape index (κ1) is 33.3. The second kappa shape index (κ2) is 14.2. The van der Waals surface area contributed by atoms with Crippen LogP contribution in [0.4, 0.5) is 10.6 Å². The van der Waals surface area contributed by atoms with Crippen molar-refractivity contribution < 1.29 is 13.2 Å². The zero-order chi connectivity index (χ0) is 33.6. The normalized spacial score (nSPS) is 11.7. The topological polar surface area (TPSA) is 128 Å². The molecule has 0 fully saturated rings. The molecule has 10 nitrogen and oxygen atoms in total. The number of carbonyl (C=O) groups excluding carboxylic acids is 1. The third-order valence-electron chi connectivity index (χ3n) is 7.85. The van der Waals surface area contributed by atoms with E-state index in [1.54, 1.807) is 39.6 Å². The van der Waals surface area contributed by atoms with Gasteiger partial charge < -0.3 is 0 Å². The SMILES string of the molecule is CCn1c(CCCc2ccc(-c3cccc(NC(=O)NS(=O)(=O)c4ccccc4)n3)cc2)nn(Cc2ccc(C(C)(C)C)cc2)c1=O. The summed E-state index contributed by atoms with van der Waals surface area (Å²) < 4.78 is 30.2. The highest BCUT2D eigenvalue weighted by Gasteiger charge is 2.18. The number of pyridine rings is 1. The lowest BCUT2D eigenvalue weighted by Crippen LogP contribution is -2.34. The second-order valence-corrected chi connectivity index (χ2v) is 14.1. The van der Waals surface area contributed by atoms with Crippen molar-refractivity contribution in [2.75, 3.05) is 5.32 Å². The maximum absolute atomic E-state index is 13.1. The number of urea groups is 1. The molecule has 0 unspecified atom stereocenters. The molecule has 244 valence electrons. The summed E-state index contributed by atoms with van der Waals surface area (Å²) in [6, 6.07) is 28.3. The van der Waals surface area contributed by atoms with Crippen LogP contribution in [0.15, 0.2) is 107 Å². The molecule has 5 aromatic rings. The average Bonchev–Trinajstić information content (AvgIpc) is 3.34. The Morgan fingerprint density at radius 1 is 0.830 bits per heavy atom. The Balaban J connectivity index is 1.17. The lowest BCUT2D eigenvalue weighted by Gasteiger charge is -2.19. The van der Waals surface area contributed by atoms with Crippen LogP contribution in [-0.4, -0.2) is 33.8 Å². The van der Waals surface area contributed by atoms with Crippen LogP contribution in [0, 0.1) is 0 Å². The Hall–Kier alpha value is -5.03. The van der Waals surface area contributed by atoms with Gasteiger partial charge in [-0.3, -0.25) is 9.88 Å². The molecule has 2 amide bonds. The molecule has 2 aromatic heterocycles. The van der Waals surface area contributed by atoms with Crippen molar-refractivity contribution in [3.63, 3.8) is 0 Å². The molecule has 0 radical (unpaired) electrons. The first-order chi connectivity index (χ1) is 22.4. The third-order valence-corrected chi connectivity index (χ3v) is 9.20. The smallest absolute Gasteiger partial charge is 0.292 e. The number of anilines is 1. The maximum atomic E-state index is 13.1. The minimum absolute atomic E-state index is 0.0101. The van der Waals surface area contributed by atoms with Crippen LogP contribution in [-0.2, 0) is 41.4 Å². The molecule has 2 N–H and O–H groups in total. The number of nitrogens with zero attached hydrogens (tertiary/aromatic N) is 4. The van der Waals surface area contributed by atoms with E-state index in [4.69, 9.17) is 0 Å². The highest BCUT2D eigenvalue weighted by molar-refractivity contribution is 7.90. The monoisotopic (exact) mass is 652 g/mol. The number of carbonyl (C=O) groups is 1. The number of rotatable bonds is 11. The molecule has 47 heavy (non-hydrogen) atoms. The molecule has 0 bridgehead atoms. The Morgan fingerprint density at radius 2 is 1.51 bits per heavy atom. The van der Waals surface area contributed by atoms with Gasteiger partial charge in [-0.25, -0.2) is 32.4 Å². The highest BCUT2D eigenvalue weighted by atomic mass is 32.2. The van der Waals surface area contributed by atoms with Gasteiger partial charge in [-0.2, -0.15) is 5.10 Å². The van der Waals surface area contributed by atoms with E-state index in [2.05, 4.69) is 60.4 Å². The fraction of sp³-hybridized carbons (Fsp3) is 0.278. The first-order valence-electron chi connectivity index (χ1n) is 15.6. The van der Waals surface area contributed by atoms with Crippen LogP contribution in [0.5, 0.6) is 0 Å². The van der Waals surface area contributed by atoms with Gasteiger partial charge in [-0.1, -0.05) is 93.6 Å². The highest BCUT2D eigenvalue weighted by Crippen LogP contribution is 2.23. The van der Waals surface area contributed by atoms with E-state index < -0.39 is 16.1 Å². The molecule has 0 saturated carbocycles. The molecule has 0 aliphatic rings. The largest absolute Gasteiger partial charge is 0.346 e. The van der Waals surface area contributed by atoms with E-state index in [9.17, 15) is 18.0 Å². The van der Waals surface area contributed by atoms with Crippen molar-refractivity contribution in [1.29, 1.82) is 0 Å². The second-order valence-electron chi connectivity index (χ2n) is 12.4. The van der Waals surface area contributed by atoms with Crippen LogP contribution in [0.1, 0.15) is 56.6 Å². The summed E-state index contributed by atoms with van der Waals surface area (Å²) in [7, 11) is -4.01. The number of aryl methyl sites for hydroxylation is 2. The van der Waals surface area contributed by atoms with E-state index in [0.717, 1.165) is 35.4 Å². The minimum Gasteiger partial charge on any atom is -0.292 e. The van der Waals surface area contributed by atoms with Gasteiger partial charge in [0.2, 0.25) is 0 Å². The van der Waals surface area contributed by atoms with E-state index >= 15 is 0 Å². The van der Waals surface area contributed by atoms with E-state index in [1.807, 2.05) is 42.0 Å². The summed E-state index contributed by atoms with van der Waals surface area (Å²) in [5, 5.41) is 7.18. The van der Waals surface area contributed by atoms with Gasteiger partial charge in [-0.05, 0) is 66.1 Å². The molecule has 0 atom stereocenters. The summed E-state index contributed by atoms with van der Waals surface area (Å²) in [6.07, 6.45) is 2.32. The molecule has 2 heterocycles. The number of sulfonamides is 1. The number of nitrogens with one attached hydrogen (secondary N) is 2. The first-order valence-corrected chi connectivity index (χ1v) is 17.1. The number of benzene rings is 3. The number of hydrogen-bond donors (Lipinski definition) is 2. The van der Waals surface area contributed by atoms with Gasteiger partial charge in [0.15, 0.2) is 0 Å². The quantitative estimate of drug-likeness (QED) is 0.176. The van der Waals surface area contributed by atoms with Gasteiger partial charge in [0.25, 0.3) is 10.0 Å². The zero-order valence-electron chi connectivity index (χ0n) is 27.1. The lowest BCUT2D eigenvalue weighted by molar-refractivity contribution is 0.256. The molecule has 0 aliphatic carbocycles. The Labute approximate surface area is 275 Å². The van der Waals surface area contributed by atoms with Crippen molar-refractivity contribution in [3.8, 4) is 11.3 Å². The van der Waals surface area contributed by atoms with E-state index in [-0.39, 0.29) is 21.8 Å².